The molecule has 0 aromatic carbocycles. The van der Waals surface area contributed by atoms with Gasteiger partial charge in [0.1, 0.15) is 42.3 Å². The van der Waals surface area contributed by atoms with Crippen molar-refractivity contribution in [2.75, 3.05) is 0 Å². The largest absolute Gasteiger partial charge is 0.481 e. The summed E-state index contributed by atoms with van der Waals surface area (Å²) in [6.45, 7) is 12.6. The van der Waals surface area contributed by atoms with Gasteiger partial charge in [0.25, 0.3) is 0 Å². The molecule has 0 saturated carbocycles. The van der Waals surface area contributed by atoms with Gasteiger partial charge in [-0.3, -0.25) is 43.2 Å². The predicted molar refractivity (Wildman–Crippen MR) is 225 cm³/mol. The Labute approximate surface area is 364 Å². The highest BCUT2D eigenvalue weighted by Gasteiger charge is 2.18. The van der Waals surface area contributed by atoms with E-state index in [4.69, 9.17) is 86.1 Å². The lowest BCUT2D eigenvalue weighted by Crippen LogP contribution is -2.36. The van der Waals surface area contributed by atoms with Crippen molar-refractivity contribution < 1.29 is 89.1 Å². The van der Waals surface area contributed by atoms with Crippen LogP contribution in [0.25, 0.3) is 0 Å². The lowest BCUT2D eigenvalue weighted by Gasteiger charge is -2.11. The standard InChI is InChI=1S/C6H9N3O2.2C6H13NO2.2C5H9NO4.C5H11NO2.C3H7NO2/c7-5(6(10)11)1-4-2-8-3-9-4;1-4(2)3-5(7)6(8)9;1-3-4(2)5(7)6(8)9;2*6-3(5(9)10)1-2-4(7)8;1-3(2)4(6)5(7)8;1-2(4)3(5)6/h2-3,5H,1,7H2,(H,8,9)(H,10,11);2*4-5H,3,7H2,1-2H3,(H,8,9);2*3H,1-2,6H2,(H,7,8)(H,9,10);3-4H,6H2,1-2H3,(H,7,8);2H,4H2,1H3,(H,5,6)/t2*5-;4-,5-;2*3-;4-;2-/m0000000/s1. The fourth-order valence-corrected chi connectivity index (χ4v) is 2.92. The van der Waals surface area contributed by atoms with Crippen LogP contribution in [0.2, 0.25) is 0 Å². The summed E-state index contributed by atoms with van der Waals surface area (Å²) < 4.78 is 0. The van der Waals surface area contributed by atoms with Gasteiger partial charge >= 0.3 is 53.7 Å². The van der Waals surface area contributed by atoms with E-state index in [2.05, 4.69) is 9.97 Å². The second kappa shape index (κ2) is 40.2. The molecule has 1 heterocycles. The van der Waals surface area contributed by atoms with Crippen LogP contribution in [0.1, 0.15) is 92.7 Å². The van der Waals surface area contributed by atoms with E-state index in [-0.39, 0.29) is 43.9 Å². The second-order valence-corrected chi connectivity index (χ2v) is 14.0. The Hall–Kier alpha value is -5.84. The first-order chi connectivity index (χ1) is 28.6. The average molecular weight is 918 g/mol. The van der Waals surface area contributed by atoms with Crippen molar-refractivity contribution in [1.82, 2.24) is 9.97 Å². The number of hydrogen-bond donors (Lipinski definition) is 17. The maximum atomic E-state index is 10.3. The third-order valence-electron chi connectivity index (χ3n) is 7.26. The molecule has 0 fully saturated rings. The topological polar surface area (TPSA) is 547 Å². The number of carboxylic acid groups (broad SMARTS) is 9. The Kier molecular flexibility index (Phi) is 44.0. The molecule has 0 saturated heterocycles. The number of nitrogens with zero attached hydrogens (tertiary/aromatic N) is 1. The van der Waals surface area contributed by atoms with Gasteiger partial charge in [-0.05, 0) is 43.9 Å². The van der Waals surface area contributed by atoms with Crippen LogP contribution in [0.15, 0.2) is 12.5 Å². The van der Waals surface area contributed by atoms with Gasteiger partial charge in [-0.15, -0.1) is 0 Å². The van der Waals surface area contributed by atoms with Gasteiger partial charge in [0.15, 0.2) is 0 Å². The molecule has 8 atom stereocenters. The SMILES string of the molecule is CC(C)C[C@H](N)C(=O)O.CC(C)[C@H](N)C(=O)O.CC[C@H](C)[C@H](N)C(=O)O.C[C@H](N)C(=O)O.N[C@@H](CCC(=O)O)C(=O)O.N[C@@H](CCC(=O)O)C(=O)O.N[C@@H](Cc1cnc[nH]1)C(=O)O. The molecule has 27 heteroatoms. The summed E-state index contributed by atoms with van der Waals surface area (Å²) in [6.07, 6.45) is 4.25. The van der Waals surface area contributed by atoms with Gasteiger partial charge in [-0.25, -0.2) is 4.98 Å². The van der Waals surface area contributed by atoms with Crippen molar-refractivity contribution >= 4 is 53.7 Å². The number of hydrogen-bond acceptors (Lipinski definition) is 17. The molecular formula is C36H71N9O18. The van der Waals surface area contributed by atoms with E-state index in [0.717, 1.165) is 12.1 Å². The van der Waals surface area contributed by atoms with Gasteiger partial charge in [-0.1, -0.05) is 48.0 Å². The van der Waals surface area contributed by atoms with Crippen molar-refractivity contribution in [1.29, 1.82) is 0 Å². The van der Waals surface area contributed by atoms with E-state index in [0.29, 0.717) is 12.3 Å². The lowest BCUT2D eigenvalue weighted by molar-refractivity contribution is -0.141. The molecule has 0 aliphatic rings. The number of carboxylic acids is 9. The number of aliphatic carboxylic acids is 9. The molecule has 27 nitrogen and oxygen atoms in total. The summed E-state index contributed by atoms with van der Waals surface area (Å²) >= 11 is 0. The first-order valence-electron chi connectivity index (χ1n) is 18.9. The highest BCUT2D eigenvalue weighted by molar-refractivity contribution is 5.76. The number of H-pyrrole nitrogens is 1. The van der Waals surface area contributed by atoms with Crippen LogP contribution in [0, 0.1) is 17.8 Å². The van der Waals surface area contributed by atoms with Crippen molar-refractivity contribution in [2.45, 2.75) is 136 Å². The number of rotatable bonds is 20. The smallest absolute Gasteiger partial charge is 0.320 e. The first-order valence-corrected chi connectivity index (χ1v) is 18.9. The van der Waals surface area contributed by atoms with Crippen LogP contribution in [0.3, 0.4) is 0 Å². The molecule has 368 valence electrons. The molecule has 24 N–H and O–H groups in total. The van der Waals surface area contributed by atoms with Crippen molar-refractivity contribution in [3.05, 3.63) is 18.2 Å². The molecule has 0 bridgehead atoms. The molecule has 0 spiro atoms. The number of aromatic nitrogens is 2. The third kappa shape index (κ3) is 50.4. The normalized spacial score (nSPS) is 13.7. The summed E-state index contributed by atoms with van der Waals surface area (Å²) in [5, 5.41) is 73.7. The van der Waals surface area contributed by atoms with Gasteiger partial charge in [0, 0.05) is 31.2 Å². The molecule has 63 heavy (non-hydrogen) atoms. The number of aromatic amines is 1. The number of carbonyl (C=O) groups is 9. The highest BCUT2D eigenvalue weighted by Crippen LogP contribution is 2.04. The van der Waals surface area contributed by atoms with Crippen molar-refractivity contribution in [3.8, 4) is 0 Å². The summed E-state index contributed by atoms with van der Waals surface area (Å²) in [5.74, 6) is -8.66. The minimum absolute atomic E-state index is 0.0208. The molecule has 1 aromatic rings. The third-order valence-corrected chi connectivity index (χ3v) is 7.26. The molecule has 1 rings (SSSR count). The van der Waals surface area contributed by atoms with Crippen LogP contribution < -0.4 is 40.1 Å². The maximum Gasteiger partial charge on any atom is 0.320 e. The van der Waals surface area contributed by atoms with Crippen LogP contribution in [-0.2, 0) is 49.6 Å². The molecule has 0 radical (unpaired) electrons. The zero-order valence-electron chi connectivity index (χ0n) is 36.6. The number of imidazole rings is 1. The fourth-order valence-electron chi connectivity index (χ4n) is 2.92. The zero-order valence-corrected chi connectivity index (χ0v) is 36.6. The minimum Gasteiger partial charge on any atom is -0.481 e. The van der Waals surface area contributed by atoms with Gasteiger partial charge < -0.3 is 91.1 Å². The fraction of sp³-hybridized carbons (Fsp3) is 0.667. The van der Waals surface area contributed by atoms with Gasteiger partial charge in [0.05, 0.1) is 6.33 Å². The van der Waals surface area contributed by atoms with Crippen LogP contribution >= 0.6 is 0 Å². The maximum absolute atomic E-state index is 10.3. The Morgan fingerprint density at radius 3 is 1.05 bits per heavy atom. The average Bonchev–Trinajstić information content (AvgIpc) is 3.68. The van der Waals surface area contributed by atoms with E-state index in [1.807, 2.05) is 27.7 Å². The minimum atomic E-state index is -1.17. The van der Waals surface area contributed by atoms with E-state index in [9.17, 15) is 43.2 Å². The number of nitrogens with two attached hydrogens (primary N) is 7. The quantitative estimate of drug-likeness (QED) is 0.0689. The Bertz CT molecular complexity index is 1430. The van der Waals surface area contributed by atoms with E-state index in [1.165, 1.54) is 13.3 Å². The van der Waals surface area contributed by atoms with Crippen LogP contribution in [-0.4, -0.2) is 152 Å². The molecule has 0 aliphatic carbocycles. The second-order valence-electron chi connectivity index (χ2n) is 14.0. The molecule has 1 aromatic heterocycles. The Morgan fingerprint density at radius 2 is 0.889 bits per heavy atom. The Balaban J connectivity index is -0.000000151. The van der Waals surface area contributed by atoms with E-state index in [1.54, 1.807) is 20.0 Å². The first kappa shape index (κ1) is 68.9. The van der Waals surface area contributed by atoms with Crippen molar-refractivity contribution in [2.24, 2.45) is 57.9 Å². The van der Waals surface area contributed by atoms with E-state index >= 15 is 0 Å². The van der Waals surface area contributed by atoms with Crippen LogP contribution in [0.5, 0.6) is 0 Å². The van der Waals surface area contributed by atoms with Gasteiger partial charge in [-0.2, -0.15) is 0 Å². The summed E-state index contributed by atoms with van der Waals surface area (Å²) in [4.78, 5) is 96.4. The highest BCUT2D eigenvalue weighted by atomic mass is 16.4. The lowest BCUT2D eigenvalue weighted by atomic mass is 10.0. The van der Waals surface area contributed by atoms with E-state index < -0.39 is 96.0 Å². The predicted octanol–water partition coefficient (Wildman–Crippen LogP) is -1.75. The summed E-state index contributed by atoms with van der Waals surface area (Å²) in [7, 11) is 0. The Morgan fingerprint density at radius 1 is 0.540 bits per heavy atom. The van der Waals surface area contributed by atoms with Crippen LogP contribution in [0.4, 0.5) is 0 Å². The number of nitrogens with one attached hydrogen (secondary N) is 1. The molecule has 0 aliphatic heterocycles. The van der Waals surface area contributed by atoms with Crippen molar-refractivity contribution in [3.63, 3.8) is 0 Å². The molecular weight excluding hydrogens is 846 g/mol. The zero-order chi connectivity index (χ0) is 51.3. The molecule has 0 unspecified atom stereocenters. The van der Waals surface area contributed by atoms with Gasteiger partial charge in [0.2, 0.25) is 0 Å². The monoisotopic (exact) mass is 917 g/mol. The molecule has 0 amide bonds. The summed E-state index contributed by atoms with van der Waals surface area (Å²) in [5.41, 5.74) is 36.5. The summed E-state index contributed by atoms with van der Waals surface area (Å²) in [6, 6.07) is -5.80.